The summed E-state index contributed by atoms with van der Waals surface area (Å²) in [6, 6.07) is 0. The quantitative estimate of drug-likeness (QED) is 0.556. The molecular weight excluding hydrogens is 196 g/mol. The Labute approximate surface area is 101 Å². The maximum atomic E-state index is 2.37. The number of quaternary nitrogens is 2. The maximum absolute atomic E-state index is 2.37. The monoisotopic (exact) mass is 226 g/mol. The molecule has 1 unspecified atom stereocenters. The molecule has 0 aromatic carbocycles. The van der Waals surface area contributed by atoms with E-state index < -0.39 is 0 Å². The average Bonchev–Trinajstić information content (AvgIpc) is 2.31. The van der Waals surface area contributed by atoms with Gasteiger partial charge in [-0.1, -0.05) is 12.2 Å². The summed E-state index contributed by atoms with van der Waals surface area (Å²) in [4.78, 5) is 3.46. The molecule has 0 aromatic rings. The number of likely N-dealkylation sites (N-methyl/N-ethyl adjacent to an activating group) is 2. The van der Waals surface area contributed by atoms with Crippen LogP contribution in [-0.2, 0) is 0 Å². The Morgan fingerprint density at radius 1 is 1.12 bits per heavy atom. The maximum Gasteiger partial charge on any atom is 0.127 e. The molecule has 0 amide bonds. The third kappa shape index (κ3) is 5.13. The average molecular weight is 226 g/mol. The van der Waals surface area contributed by atoms with Gasteiger partial charge in [0.15, 0.2) is 0 Å². The van der Waals surface area contributed by atoms with Crippen molar-refractivity contribution in [1.29, 1.82) is 0 Å². The van der Waals surface area contributed by atoms with Crippen LogP contribution >= 0.6 is 0 Å². The topological polar surface area (TPSA) is 8.88 Å². The van der Waals surface area contributed by atoms with Crippen LogP contribution in [0.15, 0.2) is 12.2 Å². The molecule has 2 N–H and O–H groups in total. The first-order chi connectivity index (χ1) is 7.76. The van der Waals surface area contributed by atoms with Crippen molar-refractivity contribution in [3.05, 3.63) is 12.2 Å². The van der Waals surface area contributed by atoms with Crippen LogP contribution in [-0.4, -0.2) is 39.8 Å². The molecule has 16 heavy (non-hydrogen) atoms. The zero-order valence-electron chi connectivity index (χ0n) is 11.4. The van der Waals surface area contributed by atoms with E-state index in [1.807, 2.05) is 0 Å². The highest BCUT2D eigenvalue weighted by atomic mass is 15.2. The van der Waals surface area contributed by atoms with Gasteiger partial charge in [-0.05, 0) is 33.1 Å². The summed E-state index contributed by atoms with van der Waals surface area (Å²) in [7, 11) is 2.36. The molecule has 94 valence electrons. The molecule has 2 heteroatoms. The van der Waals surface area contributed by atoms with E-state index in [9.17, 15) is 0 Å². The van der Waals surface area contributed by atoms with Crippen LogP contribution in [0.2, 0.25) is 0 Å². The van der Waals surface area contributed by atoms with Gasteiger partial charge in [-0.3, -0.25) is 0 Å². The second-order valence-electron chi connectivity index (χ2n) is 5.27. The highest BCUT2D eigenvalue weighted by molar-refractivity contribution is 4.89. The second kappa shape index (κ2) is 7.86. The van der Waals surface area contributed by atoms with Gasteiger partial charge in [0.05, 0.1) is 26.7 Å². The second-order valence-corrected chi connectivity index (χ2v) is 5.27. The van der Waals surface area contributed by atoms with Gasteiger partial charge in [-0.2, -0.15) is 0 Å². The van der Waals surface area contributed by atoms with Crippen molar-refractivity contribution in [3.8, 4) is 0 Å². The van der Waals surface area contributed by atoms with Gasteiger partial charge < -0.3 is 9.80 Å². The van der Waals surface area contributed by atoms with Gasteiger partial charge in [-0.15, -0.1) is 0 Å². The lowest BCUT2D eigenvalue weighted by atomic mass is 9.94. The molecule has 2 atom stereocenters. The molecular formula is C14H30N2+2. The highest BCUT2D eigenvalue weighted by Crippen LogP contribution is 2.15. The summed E-state index contributed by atoms with van der Waals surface area (Å²) in [6.07, 6.45) is 8.74. The Balaban J connectivity index is 2.14. The molecule has 0 heterocycles. The van der Waals surface area contributed by atoms with Crippen LogP contribution in [0.4, 0.5) is 0 Å². The van der Waals surface area contributed by atoms with Gasteiger partial charge in [0.1, 0.15) is 13.1 Å². The van der Waals surface area contributed by atoms with Gasteiger partial charge >= 0.3 is 0 Å². The molecule has 1 rings (SSSR count). The lowest BCUT2D eigenvalue weighted by Gasteiger charge is -2.23. The lowest BCUT2D eigenvalue weighted by Crippen LogP contribution is -3.19. The molecule has 0 spiro atoms. The largest absolute Gasteiger partial charge is 0.332 e. The predicted octanol–water partition coefficient (Wildman–Crippen LogP) is -0.218. The van der Waals surface area contributed by atoms with Crippen molar-refractivity contribution in [2.45, 2.75) is 33.1 Å². The van der Waals surface area contributed by atoms with Gasteiger partial charge in [-0.25, -0.2) is 0 Å². The summed E-state index contributed by atoms with van der Waals surface area (Å²) < 4.78 is 0. The van der Waals surface area contributed by atoms with Crippen molar-refractivity contribution in [3.63, 3.8) is 0 Å². The summed E-state index contributed by atoms with van der Waals surface area (Å²) in [5.74, 6) is 0.941. The Hall–Kier alpha value is -0.340. The lowest BCUT2D eigenvalue weighted by molar-refractivity contribution is -0.948. The van der Waals surface area contributed by atoms with Crippen LogP contribution in [0.25, 0.3) is 0 Å². The van der Waals surface area contributed by atoms with E-state index in [4.69, 9.17) is 0 Å². The third-order valence-corrected chi connectivity index (χ3v) is 3.92. The van der Waals surface area contributed by atoms with Gasteiger partial charge in [0.25, 0.3) is 0 Å². The summed E-state index contributed by atoms with van der Waals surface area (Å²) in [6.45, 7) is 11.2. The number of hydrogen-bond acceptors (Lipinski definition) is 0. The van der Waals surface area contributed by atoms with Crippen molar-refractivity contribution in [1.82, 2.24) is 0 Å². The fourth-order valence-corrected chi connectivity index (χ4v) is 2.63. The van der Waals surface area contributed by atoms with E-state index in [-0.39, 0.29) is 0 Å². The summed E-state index contributed by atoms with van der Waals surface area (Å²) >= 11 is 0. The molecule has 1 aliphatic rings. The summed E-state index contributed by atoms with van der Waals surface area (Å²) in [5, 5.41) is 0. The molecule has 0 aliphatic heterocycles. The van der Waals surface area contributed by atoms with Crippen molar-refractivity contribution >= 4 is 0 Å². The number of nitrogens with one attached hydrogen (secondary N) is 2. The van der Waals surface area contributed by atoms with E-state index in [0.717, 1.165) is 5.92 Å². The number of rotatable bonds is 7. The molecule has 2 nitrogen and oxygen atoms in total. The molecule has 0 bridgehead atoms. The van der Waals surface area contributed by atoms with Crippen LogP contribution in [0.3, 0.4) is 0 Å². The molecule has 0 saturated carbocycles. The molecule has 0 fully saturated rings. The van der Waals surface area contributed by atoms with Crippen LogP contribution in [0.5, 0.6) is 0 Å². The fraction of sp³-hybridized carbons (Fsp3) is 0.857. The molecule has 1 aliphatic carbocycles. The van der Waals surface area contributed by atoms with Gasteiger partial charge in [0.2, 0.25) is 0 Å². The smallest absolute Gasteiger partial charge is 0.127 e. The fourth-order valence-electron chi connectivity index (χ4n) is 2.63. The SMILES string of the molecule is CC[NH+](CC)CC[NH+](C)C[C@H]1CC=CCC1. The first-order valence-corrected chi connectivity index (χ1v) is 7.06. The van der Waals surface area contributed by atoms with Crippen LogP contribution in [0.1, 0.15) is 33.1 Å². The van der Waals surface area contributed by atoms with E-state index in [1.54, 1.807) is 9.80 Å². The third-order valence-electron chi connectivity index (χ3n) is 3.92. The predicted molar refractivity (Wildman–Crippen MR) is 70.0 cm³/mol. The molecule has 0 aromatic heterocycles. The Kier molecular flexibility index (Phi) is 6.74. The Bertz CT molecular complexity index is 197. The first-order valence-electron chi connectivity index (χ1n) is 7.06. The zero-order chi connectivity index (χ0) is 11.8. The van der Waals surface area contributed by atoms with E-state index in [0.29, 0.717) is 0 Å². The van der Waals surface area contributed by atoms with Crippen LogP contribution < -0.4 is 9.80 Å². The van der Waals surface area contributed by atoms with E-state index >= 15 is 0 Å². The highest BCUT2D eigenvalue weighted by Gasteiger charge is 2.16. The Morgan fingerprint density at radius 2 is 1.88 bits per heavy atom. The zero-order valence-corrected chi connectivity index (χ0v) is 11.4. The molecule has 0 saturated heterocycles. The van der Waals surface area contributed by atoms with E-state index in [2.05, 4.69) is 33.0 Å². The van der Waals surface area contributed by atoms with Crippen molar-refractivity contribution in [2.75, 3.05) is 39.8 Å². The first kappa shape index (κ1) is 13.7. The summed E-state index contributed by atoms with van der Waals surface area (Å²) in [5.41, 5.74) is 0. The van der Waals surface area contributed by atoms with Crippen LogP contribution in [0, 0.1) is 5.92 Å². The minimum Gasteiger partial charge on any atom is -0.332 e. The minimum atomic E-state index is 0.941. The van der Waals surface area contributed by atoms with Gasteiger partial charge in [0, 0.05) is 5.92 Å². The molecule has 0 radical (unpaired) electrons. The normalized spacial score (nSPS) is 22.6. The number of hydrogen-bond donors (Lipinski definition) is 2. The van der Waals surface area contributed by atoms with Crippen molar-refractivity contribution in [2.24, 2.45) is 5.92 Å². The number of allylic oxidation sites excluding steroid dienone is 2. The van der Waals surface area contributed by atoms with Crippen molar-refractivity contribution < 1.29 is 9.80 Å². The van der Waals surface area contributed by atoms with E-state index in [1.165, 1.54) is 52.0 Å². The minimum absolute atomic E-state index is 0.941. The standard InChI is InChI=1S/C14H28N2/c1-4-16(5-2)12-11-15(3)13-14-9-7-6-8-10-14/h6-7,14H,4-5,8-13H2,1-3H3/p+2/t14-/m0/s1. The Morgan fingerprint density at radius 3 is 2.44 bits per heavy atom.